The molecule has 0 spiro atoms. The topological polar surface area (TPSA) is 64.4 Å². The average Bonchev–Trinajstić information content (AvgIpc) is 2.81. The van der Waals surface area contributed by atoms with Gasteiger partial charge in [0.2, 0.25) is 5.91 Å². The molecular formula is C16H17F3N2O3. The van der Waals surface area contributed by atoms with Crippen molar-refractivity contribution in [3.05, 3.63) is 46.8 Å². The van der Waals surface area contributed by atoms with E-state index in [0.29, 0.717) is 12.2 Å². The number of rotatable bonds is 6. The molecule has 0 aliphatic carbocycles. The fourth-order valence-electron chi connectivity index (χ4n) is 2.25. The van der Waals surface area contributed by atoms with Gasteiger partial charge >= 0.3 is 6.36 Å². The molecule has 1 aromatic heterocycles. The smallest absolute Gasteiger partial charge is 0.405 e. The molecule has 0 saturated heterocycles. The van der Waals surface area contributed by atoms with Crippen molar-refractivity contribution in [2.24, 2.45) is 0 Å². The Morgan fingerprint density at radius 3 is 2.62 bits per heavy atom. The Balaban J connectivity index is 1.90. The second-order valence-corrected chi connectivity index (χ2v) is 5.23. The van der Waals surface area contributed by atoms with E-state index in [1.807, 2.05) is 0 Å². The number of hydrogen-bond acceptors (Lipinski definition) is 4. The van der Waals surface area contributed by atoms with Gasteiger partial charge in [-0.25, -0.2) is 0 Å². The molecule has 0 atom stereocenters. The number of para-hydroxylation sites is 1. The minimum atomic E-state index is -4.77. The Hall–Kier alpha value is -2.51. The number of halogens is 3. The number of nitrogens with one attached hydrogen (secondary N) is 1. The molecule has 2 rings (SSSR count). The summed E-state index contributed by atoms with van der Waals surface area (Å²) >= 11 is 0. The highest BCUT2D eigenvalue weighted by Crippen LogP contribution is 2.26. The maximum Gasteiger partial charge on any atom is 0.573 e. The second-order valence-electron chi connectivity index (χ2n) is 5.23. The SMILES string of the molecule is Cc1noc(C)c1CCC(=O)NCc1ccccc1OC(F)(F)F. The summed E-state index contributed by atoms with van der Waals surface area (Å²) in [6.45, 7) is 3.50. The first-order chi connectivity index (χ1) is 11.3. The number of aryl methyl sites for hydroxylation is 2. The quantitative estimate of drug-likeness (QED) is 0.873. The summed E-state index contributed by atoms with van der Waals surface area (Å²) in [7, 11) is 0. The Bertz CT molecular complexity index is 691. The van der Waals surface area contributed by atoms with Gasteiger partial charge in [-0.05, 0) is 26.3 Å². The van der Waals surface area contributed by atoms with Gasteiger partial charge in [0.15, 0.2) is 0 Å². The lowest BCUT2D eigenvalue weighted by Crippen LogP contribution is -2.24. The summed E-state index contributed by atoms with van der Waals surface area (Å²) in [5.41, 5.74) is 1.84. The van der Waals surface area contributed by atoms with Crippen molar-refractivity contribution in [2.75, 3.05) is 0 Å². The van der Waals surface area contributed by atoms with Crippen molar-refractivity contribution >= 4 is 5.91 Å². The van der Waals surface area contributed by atoms with Crippen LogP contribution < -0.4 is 10.1 Å². The molecule has 0 aliphatic heterocycles. The van der Waals surface area contributed by atoms with Gasteiger partial charge in [-0.1, -0.05) is 23.4 Å². The van der Waals surface area contributed by atoms with Crippen LogP contribution in [0.4, 0.5) is 13.2 Å². The third-order valence-electron chi connectivity index (χ3n) is 3.46. The summed E-state index contributed by atoms with van der Waals surface area (Å²) in [6.07, 6.45) is -4.14. The van der Waals surface area contributed by atoms with Gasteiger partial charge in [-0.2, -0.15) is 0 Å². The molecule has 0 fully saturated rings. The normalized spacial score (nSPS) is 11.4. The van der Waals surface area contributed by atoms with E-state index in [1.54, 1.807) is 19.9 Å². The monoisotopic (exact) mass is 342 g/mol. The molecule has 0 unspecified atom stereocenters. The van der Waals surface area contributed by atoms with E-state index in [0.717, 1.165) is 11.3 Å². The van der Waals surface area contributed by atoms with Crippen LogP contribution in [0.2, 0.25) is 0 Å². The van der Waals surface area contributed by atoms with Gasteiger partial charge in [-0.15, -0.1) is 13.2 Å². The zero-order chi connectivity index (χ0) is 17.7. The molecule has 8 heteroatoms. The highest BCUT2D eigenvalue weighted by molar-refractivity contribution is 5.76. The van der Waals surface area contributed by atoms with Crippen LogP contribution >= 0.6 is 0 Å². The van der Waals surface area contributed by atoms with Crippen molar-refractivity contribution in [3.63, 3.8) is 0 Å². The molecule has 0 bridgehead atoms. The van der Waals surface area contributed by atoms with E-state index in [2.05, 4.69) is 15.2 Å². The van der Waals surface area contributed by atoms with Gasteiger partial charge in [0, 0.05) is 24.1 Å². The van der Waals surface area contributed by atoms with Gasteiger partial charge in [0.1, 0.15) is 11.5 Å². The summed E-state index contributed by atoms with van der Waals surface area (Å²) in [4.78, 5) is 11.9. The number of amides is 1. The summed E-state index contributed by atoms with van der Waals surface area (Å²) in [5, 5.41) is 6.39. The number of hydrogen-bond donors (Lipinski definition) is 1. The van der Waals surface area contributed by atoms with Crippen LogP contribution in [-0.2, 0) is 17.8 Å². The molecule has 1 heterocycles. The van der Waals surface area contributed by atoms with E-state index in [9.17, 15) is 18.0 Å². The minimum Gasteiger partial charge on any atom is -0.405 e. The van der Waals surface area contributed by atoms with Crippen LogP contribution in [0.25, 0.3) is 0 Å². The third-order valence-corrected chi connectivity index (χ3v) is 3.46. The van der Waals surface area contributed by atoms with Crippen molar-refractivity contribution in [2.45, 2.75) is 39.6 Å². The maximum atomic E-state index is 12.3. The van der Waals surface area contributed by atoms with Gasteiger partial charge in [-0.3, -0.25) is 4.79 Å². The van der Waals surface area contributed by atoms with Crippen molar-refractivity contribution in [1.29, 1.82) is 0 Å². The predicted molar refractivity (Wildman–Crippen MR) is 79.3 cm³/mol. The average molecular weight is 342 g/mol. The lowest BCUT2D eigenvalue weighted by Gasteiger charge is -2.13. The van der Waals surface area contributed by atoms with E-state index in [4.69, 9.17) is 4.52 Å². The van der Waals surface area contributed by atoms with E-state index in [-0.39, 0.29) is 30.2 Å². The molecule has 1 N–H and O–H groups in total. The summed E-state index contributed by atoms with van der Waals surface area (Å²) in [5.74, 6) is 0.0528. The molecule has 24 heavy (non-hydrogen) atoms. The standard InChI is InChI=1S/C16H17F3N2O3/c1-10-13(11(2)24-21-10)7-8-15(22)20-9-12-5-3-4-6-14(12)23-16(17,18)19/h3-6H,7-9H2,1-2H3,(H,20,22). The summed E-state index contributed by atoms with van der Waals surface area (Å²) in [6, 6.07) is 5.69. The third kappa shape index (κ3) is 5.00. The van der Waals surface area contributed by atoms with E-state index >= 15 is 0 Å². The van der Waals surface area contributed by atoms with Crippen molar-refractivity contribution in [1.82, 2.24) is 10.5 Å². The zero-order valence-corrected chi connectivity index (χ0v) is 13.2. The summed E-state index contributed by atoms with van der Waals surface area (Å²) < 4.78 is 46.0. The minimum absolute atomic E-state index is 0.0489. The number of carbonyl (C=O) groups excluding carboxylic acids is 1. The van der Waals surface area contributed by atoms with Crippen LogP contribution in [-0.4, -0.2) is 17.4 Å². The largest absolute Gasteiger partial charge is 0.573 e. The van der Waals surface area contributed by atoms with Crippen LogP contribution in [0.5, 0.6) is 5.75 Å². The molecule has 130 valence electrons. The van der Waals surface area contributed by atoms with E-state index < -0.39 is 6.36 Å². The molecule has 5 nitrogen and oxygen atoms in total. The molecule has 0 aliphatic rings. The first kappa shape index (κ1) is 17.8. The first-order valence-corrected chi connectivity index (χ1v) is 7.28. The first-order valence-electron chi connectivity index (χ1n) is 7.28. The Labute approximate surface area is 136 Å². The number of carbonyl (C=O) groups is 1. The van der Waals surface area contributed by atoms with Crippen LogP contribution in [0, 0.1) is 13.8 Å². The Morgan fingerprint density at radius 2 is 2.00 bits per heavy atom. The number of benzene rings is 1. The number of aromatic nitrogens is 1. The lowest BCUT2D eigenvalue weighted by molar-refractivity contribution is -0.274. The van der Waals surface area contributed by atoms with Crippen molar-refractivity contribution in [3.8, 4) is 5.75 Å². The van der Waals surface area contributed by atoms with Crippen molar-refractivity contribution < 1.29 is 27.2 Å². The number of ether oxygens (including phenoxy) is 1. The number of alkyl halides is 3. The molecule has 0 saturated carbocycles. The highest BCUT2D eigenvalue weighted by Gasteiger charge is 2.31. The molecule has 0 radical (unpaired) electrons. The Morgan fingerprint density at radius 1 is 1.29 bits per heavy atom. The van der Waals surface area contributed by atoms with Crippen LogP contribution in [0.15, 0.2) is 28.8 Å². The number of nitrogens with zero attached hydrogens (tertiary/aromatic N) is 1. The van der Waals surface area contributed by atoms with Crippen LogP contribution in [0.1, 0.15) is 29.0 Å². The highest BCUT2D eigenvalue weighted by atomic mass is 19.4. The van der Waals surface area contributed by atoms with E-state index in [1.165, 1.54) is 18.2 Å². The van der Waals surface area contributed by atoms with Gasteiger partial charge in [0.05, 0.1) is 5.69 Å². The molecule has 2 aromatic rings. The molecule has 1 aromatic carbocycles. The molecule has 1 amide bonds. The lowest BCUT2D eigenvalue weighted by atomic mass is 10.1. The van der Waals surface area contributed by atoms with Gasteiger partial charge < -0.3 is 14.6 Å². The fourth-order valence-corrected chi connectivity index (χ4v) is 2.25. The van der Waals surface area contributed by atoms with Gasteiger partial charge in [0.25, 0.3) is 0 Å². The van der Waals surface area contributed by atoms with Crippen LogP contribution in [0.3, 0.4) is 0 Å². The fraction of sp³-hybridized carbons (Fsp3) is 0.375. The predicted octanol–water partition coefficient (Wildman–Crippen LogP) is 3.44. The molecular weight excluding hydrogens is 325 g/mol. The maximum absolute atomic E-state index is 12.3. The zero-order valence-electron chi connectivity index (χ0n) is 13.2. The Kier molecular flexibility index (Phi) is 5.48. The second kappa shape index (κ2) is 7.37.